The lowest BCUT2D eigenvalue weighted by Gasteiger charge is -2.32. The van der Waals surface area contributed by atoms with E-state index in [1.54, 1.807) is 12.3 Å². The van der Waals surface area contributed by atoms with E-state index in [0.29, 0.717) is 42.6 Å². The summed E-state index contributed by atoms with van der Waals surface area (Å²) in [5.74, 6) is 1.39. The van der Waals surface area contributed by atoms with Crippen molar-refractivity contribution in [3.63, 3.8) is 0 Å². The first kappa shape index (κ1) is 24.2. The van der Waals surface area contributed by atoms with Gasteiger partial charge in [-0.3, -0.25) is 9.59 Å². The number of nitrogens with one attached hydrogen (secondary N) is 1. The van der Waals surface area contributed by atoms with E-state index in [4.69, 9.17) is 9.47 Å². The summed E-state index contributed by atoms with van der Waals surface area (Å²) in [4.78, 5) is 37.3. The second kappa shape index (κ2) is 8.98. The Morgan fingerprint density at radius 2 is 1.97 bits per heavy atom. The first-order valence-electron chi connectivity index (χ1n) is 12.7. The predicted molar refractivity (Wildman–Crippen MR) is 142 cm³/mol. The molecule has 10 nitrogen and oxygen atoms in total. The monoisotopic (exact) mass is 515 g/mol. The minimum absolute atomic E-state index is 0.141. The molecule has 2 aromatic heterocycles. The molecule has 0 bridgehead atoms. The van der Waals surface area contributed by atoms with Crippen molar-refractivity contribution in [1.29, 1.82) is 0 Å². The molecule has 1 aromatic carbocycles. The molecule has 1 unspecified atom stereocenters. The minimum Gasteiger partial charge on any atom is -0.485 e. The molecule has 0 spiro atoms. The number of hydrogen-bond donors (Lipinski definition) is 2. The van der Waals surface area contributed by atoms with Crippen LogP contribution in [0.4, 0.5) is 22.9 Å². The van der Waals surface area contributed by atoms with Gasteiger partial charge < -0.3 is 29.7 Å². The number of aliphatic hydroxyl groups is 1. The van der Waals surface area contributed by atoms with Crippen LogP contribution in [0.3, 0.4) is 0 Å². The molecule has 1 fully saturated rings. The van der Waals surface area contributed by atoms with E-state index in [1.165, 1.54) is 18.7 Å². The van der Waals surface area contributed by atoms with Crippen LogP contribution < -0.4 is 24.6 Å². The summed E-state index contributed by atoms with van der Waals surface area (Å²) in [6.07, 6.45) is 4.66. The van der Waals surface area contributed by atoms with Crippen molar-refractivity contribution in [1.82, 2.24) is 9.97 Å². The predicted octanol–water partition coefficient (Wildman–Crippen LogP) is 3.96. The molecule has 2 amide bonds. The Kier molecular flexibility index (Phi) is 5.71. The van der Waals surface area contributed by atoms with Gasteiger partial charge in [0.1, 0.15) is 35.6 Å². The number of amides is 2. The summed E-state index contributed by atoms with van der Waals surface area (Å²) >= 11 is 0. The van der Waals surface area contributed by atoms with Crippen LogP contribution in [0, 0.1) is 0 Å². The van der Waals surface area contributed by atoms with Crippen molar-refractivity contribution >= 4 is 34.7 Å². The molecule has 38 heavy (non-hydrogen) atoms. The highest BCUT2D eigenvalue weighted by Crippen LogP contribution is 2.45. The second-order valence-electron chi connectivity index (χ2n) is 10.3. The van der Waals surface area contributed by atoms with Gasteiger partial charge in [-0.1, -0.05) is 0 Å². The van der Waals surface area contributed by atoms with E-state index in [-0.39, 0.29) is 12.0 Å². The maximum Gasteiger partial charge on any atom is 0.258 e. The minimum atomic E-state index is -1.52. The normalized spacial score (nSPS) is 18.2. The van der Waals surface area contributed by atoms with Gasteiger partial charge in [-0.25, -0.2) is 9.97 Å². The number of rotatable bonds is 4. The van der Waals surface area contributed by atoms with Gasteiger partial charge in [0.25, 0.3) is 5.91 Å². The Morgan fingerprint density at radius 3 is 2.74 bits per heavy atom. The third-order valence-corrected chi connectivity index (χ3v) is 7.04. The number of nitrogens with zero attached hydrogens (tertiary/aromatic N) is 4. The molecule has 3 aromatic rings. The Labute approximate surface area is 220 Å². The van der Waals surface area contributed by atoms with Crippen LogP contribution in [0.15, 0.2) is 42.7 Å². The molecule has 1 saturated heterocycles. The van der Waals surface area contributed by atoms with Gasteiger partial charge in [-0.15, -0.1) is 0 Å². The lowest BCUT2D eigenvalue weighted by molar-refractivity contribution is -0.133. The standard InChI is InChI=1S/C28H29N5O5/c1-16-20-13-24(31-17-11-22-26(30-14-17)37-10-9-33(22)27(35)28(2,3)36)29-15-21(20)19-7-6-18(12-23(19)38-16)32-8-4-5-25(32)34/h6-7,11-16,36H,4-5,8-10H2,1-3H3,(H,29,31). The summed E-state index contributed by atoms with van der Waals surface area (Å²) in [6.45, 7) is 6.26. The van der Waals surface area contributed by atoms with Gasteiger partial charge in [0.2, 0.25) is 11.8 Å². The lowest BCUT2D eigenvalue weighted by atomic mass is 9.94. The molecule has 0 saturated carbocycles. The third-order valence-electron chi connectivity index (χ3n) is 7.04. The summed E-state index contributed by atoms with van der Waals surface area (Å²) in [7, 11) is 0. The van der Waals surface area contributed by atoms with Crippen LogP contribution in [0.1, 0.15) is 45.3 Å². The Bertz CT molecular complexity index is 1450. The van der Waals surface area contributed by atoms with Crippen LogP contribution >= 0.6 is 0 Å². The van der Waals surface area contributed by atoms with E-state index >= 15 is 0 Å². The smallest absolute Gasteiger partial charge is 0.258 e. The molecular weight excluding hydrogens is 486 g/mol. The molecule has 10 heteroatoms. The van der Waals surface area contributed by atoms with Gasteiger partial charge >= 0.3 is 0 Å². The molecule has 3 aliphatic rings. The zero-order chi connectivity index (χ0) is 26.6. The fourth-order valence-electron chi connectivity index (χ4n) is 5.13. The zero-order valence-corrected chi connectivity index (χ0v) is 21.5. The second-order valence-corrected chi connectivity index (χ2v) is 10.3. The fraction of sp³-hybridized carbons (Fsp3) is 0.357. The van der Waals surface area contributed by atoms with Crippen LogP contribution in [-0.4, -0.2) is 52.2 Å². The lowest BCUT2D eigenvalue weighted by Crippen LogP contribution is -2.48. The van der Waals surface area contributed by atoms with Crippen molar-refractivity contribution in [2.45, 2.75) is 45.3 Å². The summed E-state index contributed by atoms with van der Waals surface area (Å²) in [6, 6.07) is 9.58. The highest BCUT2D eigenvalue weighted by molar-refractivity contribution is 6.00. The van der Waals surface area contributed by atoms with Crippen molar-refractivity contribution in [3.05, 3.63) is 48.3 Å². The molecule has 3 aliphatic heterocycles. The molecule has 6 rings (SSSR count). The largest absolute Gasteiger partial charge is 0.485 e. The summed E-state index contributed by atoms with van der Waals surface area (Å²) < 4.78 is 11.9. The summed E-state index contributed by atoms with van der Waals surface area (Å²) in [5.41, 5.74) is 3.34. The Balaban J connectivity index is 1.28. The maximum absolute atomic E-state index is 12.8. The number of hydrogen-bond acceptors (Lipinski definition) is 8. The first-order valence-corrected chi connectivity index (χ1v) is 12.7. The molecule has 5 heterocycles. The van der Waals surface area contributed by atoms with Gasteiger partial charge in [0.15, 0.2) is 0 Å². The first-order chi connectivity index (χ1) is 18.2. The van der Waals surface area contributed by atoms with E-state index in [0.717, 1.165) is 41.1 Å². The van der Waals surface area contributed by atoms with Gasteiger partial charge in [-0.05, 0) is 51.5 Å². The van der Waals surface area contributed by atoms with Gasteiger partial charge in [0.05, 0.1) is 18.4 Å². The molecule has 1 atom stereocenters. The SMILES string of the molecule is CC1Oc2cc(N3CCCC3=O)ccc2-c2cnc(Nc3cnc4c(c3)N(C(=O)C(C)(C)O)CCO4)cc21. The summed E-state index contributed by atoms with van der Waals surface area (Å²) in [5, 5.41) is 13.5. The topological polar surface area (TPSA) is 117 Å². The van der Waals surface area contributed by atoms with Gasteiger partial charge in [0, 0.05) is 47.6 Å². The molecular formula is C28H29N5O5. The zero-order valence-electron chi connectivity index (χ0n) is 21.5. The number of carbonyl (C=O) groups is 2. The van der Waals surface area contributed by atoms with Crippen LogP contribution in [0.25, 0.3) is 11.1 Å². The quantitative estimate of drug-likeness (QED) is 0.536. The number of pyridine rings is 2. The highest BCUT2D eigenvalue weighted by Gasteiger charge is 2.34. The number of aromatic nitrogens is 2. The van der Waals surface area contributed by atoms with E-state index < -0.39 is 11.5 Å². The number of fused-ring (bicyclic) bond motifs is 4. The van der Waals surface area contributed by atoms with Crippen LogP contribution in [0.5, 0.6) is 11.6 Å². The third kappa shape index (κ3) is 4.20. The maximum atomic E-state index is 12.8. The van der Waals surface area contributed by atoms with E-state index in [1.807, 2.05) is 42.3 Å². The van der Waals surface area contributed by atoms with Crippen molar-refractivity contribution in [2.24, 2.45) is 0 Å². The Morgan fingerprint density at radius 1 is 1.13 bits per heavy atom. The van der Waals surface area contributed by atoms with Crippen molar-refractivity contribution in [2.75, 3.05) is 34.8 Å². The molecule has 196 valence electrons. The van der Waals surface area contributed by atoms with Crippen molar-refractivity contribution in [3.8, 4) is 22.8 Å². The molecule has 2 N–H and O–H groups in total. The molecule has 0 aliphatic carbocycles. The van der Waals surface area contributed by atoms with Gasteiger partial charge in [-0.2, -0.15) is 0 Å². The number of carbonyl (C=O) groups excluding carboxylic acids is 2. The van der Waals surface area contributed by atoms with E-state index in [9.17, 15) is 14.7 Å². The van der Waals surface area contributed by atoms with Crippen LogP contribution in [0.2, 0.25) is 0 Å². The average molecular weight is 516 g/mol. The number of anilines is 4. The highest BCUT2D eigenvalue weighted by atomic mass is 16.5. The molecule has 0 radical (unpaired) electrons. The number of ether oxygens (including phenoxy) is 2. The van der Waals surface area contributed by atoms with Crippen molar-refractivity contribution < 1.29 is 24.2 Å². The number of benzene rings is 1. The van der Waals surface area contributed by atoms with Crippen LogP contribution in [-0.2, 0) is 9.59 Å². The van der Waals surface area contributed by atoms with E-state index in [2.05, 4.69) is 15.3 Å². The Hall–Kier alpha value is -4.18. The fourth-order valence-corrected chi connectivity index (χ4v) is 5.13. The average Bonchev–Trinajstić information content (AvgIpc) is 3.33.